The molecule has 4 aromatic rings. The average Bonchev–Trinajstić information content (AvgIpc) is 3.93. The van der Waals surface area contributed by atoms with Crippen LogP contribution in [0.4, 0.5) is 0 Å². The van der Waals surface area contributed by atoms with Crippen molar-refractivity contribution in [2.75, 3.05) is 52.5 Å². The predicted octanol–water partition coefficient (Wildman–Crippen LogP) is 3.96. The van der Waals surface area contributed by atoms with Gasteiger partial charge in [0.25, 0.3) is 5.91 Å². The summed E-state index contributed by atoms with van der Waals surface area (Å²) in [5.74, 6) is -4.03. The summed E-state index contributed by atoms with van der Waals surface area (Å²) in [4.78, 5) is 89.8. The van der Waals surface area contributed by atoms with Crippen molar-refractivity contribution in [3.63, 3.8) is 0 Å². The molecule has 2 amide bonds. The highest BCUT2D eigenvalue weighted by molar-refractivity contribution is 6.62. The lowest BCUT2D eigenvalue weighted by molar-refractivity contribution is -0.821. The van der Waals surface area contributed by atoms with E-state index in [4.69, 9.17) is 19.5 Å². The molecule has 6 N–H and O–H groups in total. The van der Waals surface area contributed by atoms with E-state index in [9.17, 15) is 38.8 Å². The van der Waals surface area contributed by atoms with E-state index in [1.165, 1.54) is 42.1 Å². The van der Waals surface area contributed by atoms with E-state index in [0.29, 0.717) is 51.4 Å². The Labute approximate surface area is 434 Å². The number of hydrogen-bond donors (Lipinski definition) is 6. The molecule has 2 fully saturated rings. The van der Waals surface area contributed by atoms with E-state index >= 15 is 0 Å². The molecule has 0 unspecified atom stereocenters. The zero-order valence-corrected chi connectivity index (χ0v) is 43.5. The molecule has 0 bridgehead atoms. The topological polar surface area (TPSA) is 281 Å². The van der Waals surface area contributed by atoms with Gasteiger partial charge < -0.3 is 44.6 Å². The van der Waals surface area contributed by atoms with E-state index in [-0.39, 0.29) is 60.1 Å². The fraction of sp³-hybridized carbons (Fsp3) is 0.500. The molecule has 2 aromatic carbocycles. The first-order chi connectivity index (χ1) is 35.3. The lowest BCUT2D eigenvalue weighted by Gasteiger charge is -2.50. The maximum absolute atomic E-state index is 13.9. The SMILES string of the molecule is CC(C)C[C@H](NC(=O)[C@@H](CC(=O)c1cnccn1)Cc1ccccc1)B(O)O.CCN(CC(=O)O)CC(=O)O.CC[N+]12CCO[B-]1([C@@H](CC(=O)[C@H](Cc1ccccc1)NC(=O)c1cnccn1)CC(C)C)OCC2. The Kier molecular flexibility index (Phi) is 24.6. The fourth-order valence-corrected chi connectivity index (χ4v) is 9.74. The molecule has 74 heavy (non-hydrogen) atoms. The molecule has 20 nitrogen and oxygen atoms in total. The van der Waals surface area contributed by atoms with Crippen LogP contribution >= 0.6 is 0 Å². The number of carboxylic acid groups (broad SMARTS) is 2. The number of fused-ring (bicyclic) bond motifs is 1. The van der Waals surface area contributed by atoms with Gasteiger partial charge in [0.1, 0.15) is 11.4 Å². The standard InChI is InChI=1S/C26H37BN4O4.C20H26BN3O4.C6H11NO4/c1-4-31-12-14-34-27(31,35-15-13-31)22(16-20(2)3)18-25(32)23(17-21-8-6-5-7-9-21)30-26(33)24-19-28-10-11-29-24;1-14(2)10-19(21(27)28)24-20(26)16(11-15-6-4-3-5-7-15)12-18(25)17-13-22-8-9-23-17;1-2-7(3-5(8)9)4-6(10)11/h5-11,19-20,22-23H,4,12-18H2,1-3H3,(H,30,33);3-9,13-14,16,19,27-28H,10-12H2,1-2H3,(H,24,26);2-4H2,1H3,(H,8,9)(H,10,11)/t22-,23+,27?,31?;16-,19+;/m11./s1. The monoisotopic (exact) mass is 1020 g/mol. The summed E-state index contributed by atoms with van der Waals surface area (Å²) in [6.07, 6.45) is 11.0. The van der Waals surface area contributed by atoms with Crippen molar-refractivity contribution < 1.29 is 62.7 Å². The number of aliphatic carboxylic acids is 2. The van der Waals surface area contributed by atoms with Gasteiger partial charge in [-0.25, -0.2) is 9.97 Å². The maximum Gasteiger partial charge on any atom is 0.476 e. The number of carbonyl (C=O) groups excluding carboxylic acids is 4. The Bertz CT molecular complexity index is 2350. The number of hydrogen-bond acceptors (Lipinski definition) is 15. The van der Waals surface area contributed by atoms with Gasteiger partial charge in [-0.2, -0.15) is 0 Å². The molecule has 0 saturated carbocycles. The molecule has 22 heteroatoms. The van der Waals surface area contributed by atoms with Gasteiger partial charge in [-0.15, -0.1) is 0 Å². The zero-order valence-electron chi connectivity index (χ0n) is 43.5. The lowest BCUT2D eigenvalue weighted by atomic mass is 9.51. The molecular formula is C52H74B2N8O12. The van der Waals surface area contributed by atoms with Crippen molar-refractivity contribution >= 4 is 49.1 Å². The molecule has 0 spiro atoms. The second kappa shape index (κ2) is 30.2. The second-order valence-electron chi connectivity index (χ2n) is 19.7. The van der Waals surface area contributed by atoms with Crippen molar-refractivity contribution in [2.45, 2.75) is 97.9 Å². The first-order valence-corrected chi connectivity index (χ1v) is 25.4. The number of nitrogens with one attached hydrogen (secondary N) is 2. The number of benzene rings is 2. The van der Waals surface area contributed by atoms with Gasteiger partial charge in [-0.1, -0.05) is 102 Å². The number of amides is 2. The van der Waals surface area contributed by atoms with E-state index in [2.05, 4.69) is 51.3 Å². The summed E-state index contributed by atoms with van der Waals surface area (Å²) in [5.41, 5.74) is 2.30. The van der Waals surface area contributed by atoms with E-state index < -0.39 is 49.6 Å². The van der Waals surface area contributed by atoms with Crippen LogP contribution in [-0.2, 0) is 41.3 Å². The van der Waals surface area contributed by atoms with E-state index in [1.807, 2.05) is 74.5 Å². The van der Waals surface area contributed by atoms with Crippen LogP contribution in [0.1, 0.15) is 99.3 Å². The number of quaternary nitrogens is 1. The van der Waals surface area contributed by atoms with Gasteiger partial charge in [0.05, 0.1) is 63.8 Å². The molecule has 6 rings (SSSR count). The second-order valence-corrected chi connectivity index (χ2v) is 19.7. The minimum Gasteiger partial charge on any atom is -0.509 e. The summed E-state index contributed by atoms with van der Waals surface area (Å²) in [6.45, 7) is 14.6. The van der Waals surface area contributed by atoms with Gasteiger partial charge in [-0.05, 0) is 67.9 Å². The number of carboxylic acids is 2. The number of Topliss-reactive ketones (excluding diaryl/α,β-unsaturated/α-hetero) is 2. The van der Waals surface area contributed by atoms with Crippen LogP contribution in [0.2, 0.25) is 5.82 Å². The third-order valence-corrected chi connectivity index (χ3v) is 13.3. The smallest absolute Gasteiger partial charge is 0.476 e. The quantitative estimate of drug-likeness (QED) is 0.0384. The minimum atomic E-state index is -1.67. The van der Waals surface area contributed by atoms with Gasteiger partial charge in [-0.3, -0.25) is 43.6 Å². The average molecular weight is 1020 g/mol. The highest BCUT2D eigenvalue weighted by Gasteiger charge is 2.62. The van der Waals surface area contributed by atoms with Crippen molar-refractivity contribution in [3.05, 3.63) is 120 Å². The lowest BCUT2D eigenvalue weighted by Crippen LogP contribution is -2.65. The first-order valence-electron chi connectivity index (χ1n) is 25.4. The fourth-order valence-electron chi connectivity index (χ4n) is 9.74. The Hall–Kier alpha value is -6.29. The number of aromatic nitrogens is 4. The van der Waals surface area contributed by atoms with Crippen LogP contribution < -0.4 is 10.6 Å². The van der Waals surface area contributed by atoms with Gasteiger partial charge >= 0.3 is 25.7 Å². The van der Waals surface area contributed by atoms with Crippen LogP contribution in [0.25, 0.3) is 0 Å². The third kappa shape index (κ3) is 18.6. The molecule has 400 valence electrons. The normalized spacial score (nSPS) is 18.4. The van der Waals surface area contributed by atoms with E-state index in [0.717, 1.165) is 41.6 Å². The predicted molar refractivity (Wildman–Crippen MR) is 278 cm³/mol. The van der Waals surface area contributed by atoms with Gasteiger partial charge in [0, 0.05) is 43.7 Å². The molecule has 4 heterocycles. The van der Waals surface area contributed by atoms with Crippen LogP contribution in [0.3, 0.4) is 0 Å². The number of ketones is 2. The van der Waals surface area contributed by atoms with Crippen molar-refractivity contribution in [1.29, 1.82) is 0 Å². The highest BCUT2D eigenvalue weighted by atomic mass is 16.6. The molecule has 4 atom stereocenters. The molecule has 0 radical (unpaired) electrons. The van der Waals surface area contributed by atoms with Crippen LogP contribution in [0, 0.1) is 17.8 Å². The van der Waals surface area contributed by atoms with E-state index in [1.54, 1.807) is 6.92 Å². The summed E-state index contributed by atoms with van der Waals surface area (Å²) in [5, 5.41) is 41.4. The Morgan fingerprint density at radius 2 is 1.24 bits per heavy atom. The number of rotatable bonds is 26. The largest absolute Gasteiger partial charge is 0.509 e. The molecule has 0 aliphatic carbocycles. The first kappa shape index (κ1) is 60.3. The van der Waals surface area contributed by atoms with Crippen LogP contribution in [0.5, 0.6) is 0 Å². The Morgan fingerprint density at radius 1 is 0.716 bits per heavy atom. The third-order valence-electron chi connectivity index (χ3n) is 13.3. The summed E-state index contributed by atoms with van der Waals surface area (Å²) < 4.78 is 13.7. The van der Waals surface area contributed by atoms with Crippen molar-refractivity contribution in [3.8, 4) is 0 Å². The number of likely N-dealkylation sites (N-methyl/N-ethyl adjacent to an activating group) is 2. The van der Waals surface area contributed by atoms with Crippen molar-refractivity contribution in [2.24, 2.45) is 17.8 Å². The van der Waals surface area contributed by atoms with Gasteiger partial charge in [0.15, 0.2) is 11.6 Å². The Balaban J connectivity index is 0.000000272. The number of nitrogens with zero attached hydrogens (tertiary/aromatic N) is 6. The maximum atomic E-state index is 13.9. The Morgan fingerprint density at radius 3 is 1.70 bits per heavy atom. The summed E-state index contributed by atoms with van der Waals surface area (Å²) in [6, 6.07) is 18.5. The number of carbonyl (C=O) groups is 6. The molecule has 2 saturated heterocycles. The summed E-state index contributed by atoms with van der Waals surface area (Å²) in [7, 11) is -1.67. The van der Waals surface area contributed by atoms with Crippen LogP contribution in [0.15, 0.2) is 97.8 Å². The molecule has 2 aliphatic rings. The molecule has 2 aliphatic heterocycles. The summed E-state index contributed by atoms with van der Waals surface area (Å²) >= 11 is 0. The zero-order chi connectivity index (χ0) is 54.3. The molecular weight excluding hydrogens is 950 g/mol. The molecule has 2 aromatic heterocycles. The minimum absolute atomic E-state index is 0.00630. The van der Waals surface area contributed by atoms with Crippen LogP contribution in [-0.4, -0.2) is 163 Å². The highest BCUT2D eigenvalue weighted by Crippen LogP contribution is 2.46. The van der Waals surface area contributed by atoms with Crippen molar-refractivity contribution in [1.82, 2.24) is 35.5 Å². The van der Waals surface area contributed by atoms with Gasteiger partial charge in [0.2, 0.25) is 5.91 Å².